The summed E-state index contributed by atoms with van der Waals surface area (Å²) in [5.74, 6) is 0. The smallest absolute Gasteiger partial charge is 0.101 e. The molecule has 84 valence electrons. The molecule has 17 heavy (non-hydrogen) atoms. The topological polar surface area (TPSA) is 62.7 Å². The zero-order valence-corrected chi connectivity index (χ0v) is 9.99. The van der Waals surface area contributed by atoms with Crippen molar-refractivity contribution in [1.29, 1.82) is 5.26 Å². The van der Waals surface area contributed by atoms with Crippen LogP contribution in [0, 0.1) is 18.3 Å². The van der Waals surface area contributed by atoms with Crippen molar-refractivity contribution in [3.8, 4) is 17.3 Å². The van der Waals surface area contributed by atoms with Crippen molar-refractivity contribution in [2.75, 3.05) is 5.73 Å². The van der Waals surface area contributed by atoms with Crippen LogP contribution >= 0.6 is 11.6 Å². The van der Waals surface area contributed by atoms with Crippen LogP contribution in [0.5, 0.6) is 0 Å². The van der Waals surface area contributed by atoms with Crippen molar-refractivity contribution in [3.05, 3.63) is 46.6 Å². The maximum absolute atomic E-state index is 9.00. The van der Waals surface area contributed by atoms with Gasteiger partial charge in [0.15, 0.2) is 0 Å². The minimum Gasteiger partial charge on any atom is -0.397 e. The van der Waals surface area contributed by atoms with E-state index in [0.29, 0.717) is 22.0 Å². The zero-order valence-electron chi connectivity index (χ0n) is 9.24. The Balaban J connectivity index is 2.67. The van der Waals surface area contributed by atoms with Gasteiger partial charge in [0.25, 0.3) is 0 Å². The summed E-state index contributed by atoms with van der Waals surface area (Å²) in [6, 6.07) is 9.18. The molecule has 2 aromatic rings. The number of hydrogen-bond donors (Lipinski definition) is 1. The number of halogens is 1. The summed E-state index contributed by atoms with van der Waals surface area (Å²) in [5.41, 5.74) is 9.06. The van der Waals surface area contributed by atoms with E-state index in [2.05, 4.69) is 11.1 Å². The third kappa shape index (κ3) is 2.08. The molecule has 1 aromatic heterocycles. The van der Waals surface area contributed by atoms with Crippen LogP contribution in [0.1, 0.15) is 11.1 Å². The van der Waals surface area contributed by atoms with Crippen LogP contribution in [-0.2, 0) is 0 Å². The Morgan fingerprint density at radius 1 is 1.41 bits per heavy atom. The van der Waals surface area contributed by atoms with E-state index in [1.165, 1.54) is 0 Å². The van der Waals surface area contributed by atoms with E-state index in [4.69, 9.17) is 22.6 Å². The molecule has 0 aliphatic heterocycles. The van der Waals surface area contributed by atoms with Crippen molar-refractivity contribution >= 4 is 17.3 Å². The fourth-order valence-electron chi connectivity index (χ4n) is 1.63. The van der Waals surface area contributed by atoms with Gasteiger partial charge in [-0.2, -0.15) is 5.26 Å². The molecular weight excluding hydrogens is 234 g/mol. The lowest BCUT2D eigenvalue weighted by Crippen LogP contribution is -1.96. The first-order valence-corrected chi connectivity index (χ1v) is 5.42. The average Bonchev–Trinajstić information content (AvgIpc) is 2.33. The van der Waals surface area contributed by atoms with Gasteiger partial charge in [-0.15, -0.1) is 0 Å². The predicted molar refractivity (Wildman–Crippen MR) is 68.5 cm³/mol. The van der Waals surface area contributed by atoms with Crippen molar-refractivity contribution in [1.82, 2.24) is 4.98 Å². The lowest BCUT2D eigenvalue weighted by Gasteiger charge is -2.08. The second-order valence-corrected chi connectivity index (χ2v) is 4.11. The molecule has 0 aliphatic rings. The van der Waals surface area contributed by atoms with Crippen LogP contribution in [0.15, 0.2) is 30.5 Å². The van der Waals surface area contributed by atoms with Gasteiger partial charge in [-0.1, -0.05) is 11.6 Å². The minimum atomic E-state index is 0.446. The molecule has 0 aliphatic carbocycles. The molecule has 3 nitrogen and oxygen atoms in total. The second kappa shape index (κ2) is 4.44. The third-order valence-electron chi connectivity index (χ3n) is 2.54. The van der Waals surface area contributed by atoms with Gasteiger partial charge in [0.1, 0.15) is 6.07 Å². The number of aryl methyl sites for hydroxylation is 1. The monoisotopic (exact) mass is 243 g/mol. The van der Waals surface area contributed by atoms with E-state index in [0.717, 1.165) is 11.1 Å². The predicted octanol–water partition coefficient (Wildman–Crippen LogP) is 3.16. The van der Waals surface area contributed by atoms with Crippen molar-refractivity contribution in [2.24, 2.45) is 0 Å². The molecule has 0 saturated carbocycles. The van der Waals surface area contributed by atoms with Gasteiger partial charge in [-0.3, -0.25) is 4.98 Å². The molecule has 1 heterocycles. The Bertz CT molecular complexity index is 615. The van der Waals surface area contributed by atoms with Gasteiger partial charge in [0, 0.05) is 11.8 Å². The molecule has 0 fully saturated rings. The molecule has 0 bridgehead atoms. The third-order valence-corrected chi connectivity index (χ3v) is 2.84. The Kier molecular flexibility index (Phi) is 2.99. The Labute approximate surface area is 104 Å². The molecule has 0 saturated heterocycles. The van der Waals surface area contributed by atoms with E-state index in [9.17, 15) is 0 Å². The van der Waals surface area contributed by atoms with Gasteiger partial charge in [-0.05, 0) is 36.8 Å². The number of aromatic nitrogens is 1. The largest absolute Gasteiger partial charge is 0.397 e. The van der Waals surface area contributed by atoms with E-state index in [1.54, 1.807) is 24.4 Å². The fraction of sp³-hybridized carbons (Fsp3) is 0.0769. The highest BCUT2D eigenvalue weighted by Gasteiger charge is 2.09. The summed E-state index contributed by atoms with van der Waals surface area (Å²) in [7, 11) is 0. The number of benzene rings is 1. The number of nitrogens with zero attached hydrogens (tertiary/aromatic N) is 2. The molecule has 0 amide bonds. The molecule has 2 N–H and O–H groups in total. The SMILES string of the molecule is Cc1cc(-c2ncccc2Cl)cc(C#N)c1N. The fourth-order valence-corrected chi connectivity index (χ4v) is 1.86. The normalized spacial score (nSPS) is 9.94. The first-order valence-electron chi connectivity index (χ1n) is 5.04. The number of rotatable bonds is 1. The highest BCUT2D eigenvalue weighted by molar-refractivity contribution is 6.33. The molecule has 1 aromatic carbocycles. The molecule has 0 atom stereocenters. The Morgan fingerprint density at radius 3 is 2.82 bits per heavy atom. The maximum Gasteiger partial charge on any atom is 0.101 e. The quantitative estimate of drug-likeness (QED) is 0.783. The van der Waals surface area contributed by atoms with Gasteiger partial charge >= 0.3 is 0 Å². The maximum atomic E-state index is 9.00. The Hall–Kier alpha value is -2.05. The summed E-state index contributed by atoms with van der Waals surface area (Å²) >= 11 is 6.07. The number of nitrogen functional groups attached to an aromatic ring is 1. The standard InChI is InChI=1S/C13H10ClN3/c1-8-5-9(6-10(7-15)12(8)16)13-11(14)3-2-4-17-13/h2-6H,16H2,1H3. The van der Waals surface area contributed by atoms with Crippen LogP contribution < -0.4 is 5.73 Å². The highest BCUT2D eigenvalue weighted by atomic mass is 35.5. The summed E-state index contributed by atoms with van der Waals surface area (Å²) in [5, 5.41) is 9.56. The molecular formula is C13H10ClN3. The van der Waals surface area contributed by atoms with E-state index < -0.39 is 0 Å². The second-order valence-electron chi connectivity index (χ2n) is 3.70. The lowest BCUT2D eigenvalue weighted by atomic mass is 10.0. The van der Waals surface area contributed by atoms with Crippen molar-refractivity contribution in [3.63, 3.8) is 0 Å². The van der Waals surface area contributed by atoms with Gasteiger partial charge in [-0.25, -0.2) is 0 Å². The van der Waals surface area contributed by atoms with E-state index >= 15 is 0 Å². The average molecular weight is 244 g/mol. The van der Waals surface area contributed by atoms with Gasteiger partial charge in [0.2, 0.25) is 0 Å². The van der Waals surface area contributed by atoms with Crippen LogP contribution in [-0.4, -0.2) is 4.98 Å². The molecule has 4 heteroatoms. The van der Waals surface area contributed by atoms with Crippen molar-refractivity contribution < 1.29 is 0 Å². The summed E-state index contributed by atoms with van der Waals surface area (Å²) in [4.78, 5) is 4.21. The summed E-state index contributed by atoms with van der Waals surface area (Å²) in [6.45, 7) is 1.86. The number of nitriles is 1. The van der Waals surface area contributed by atoms with E-state index in [1.807, 2.05) is 13.0 Å². The lowest BCUT2D eigenvalue weighted by molar-refractivity contribution is 1.31. The van der Waals surface area contributed by atoms with Gasteiger partial charge < -0.3 is 5.73 Å². The first-order chi connectivity index (χ1) is 8.13. The first kappa shape index (κ1) is 11.4. The van der Waals surface area contributed by atoms with Crippen LogP contribution in [0.4, 0.5) is 5.69 Å². The Morgan fingerprint density at radius 2 is 2.18 bits per heavy atom. The highest BCUT2D eigenvalue weighted by Crippen LogP contribution is 2.29. The molecule has 0 radical (unpaired) electrons. The van der Waals surface area contributed by atoms with Crippen molar-refractivity contribution in [2.45, 2.75) is 6.92 Å². The van der Waals surface area contributed by atoms with Gasteiger partial charge in [0.05, 0.1) is 22.0 Å². The number of nitrogens with two attached hydrogens (primary N) is 1. The summed E-state index contributed by atoms with van der Waals surface area (Å²) in [6.07, 6.45) is 1.67. The number of hydrogen-bond acceptors (Lipinski definition) is 3. The number of anilines is 1. The zero-order chi connectivity index (χ0) is 12.4. The molecule has 2 rings (SSSR count). The molecule has 0 spiro atoms. The van der Waals surface area contributed by atoms with Crippen LogP contribution in [0.25, 0.3) is 11.3 Å². The molecule has 0 unspecified atom stereocenters. The number of pyridine rings is 1. The van der Waals surface area contributed by atoms with E-state index in [-0.39, 0.29) is 0 Å². The minimum absolute atomic E-state index is 0.446. The van der Waals surface area contributed by atoms with Crippen LogP contribution in [0.3, 0.4) is 0 Å². The summed E-state index contributed by atoms with van der Waals surface area (Å²) < 4.78 is 0. The van der Waals surface area contributed by atoms with Crippen LogP contribution in [0.2, 0.25) is 5.02 Å².